The van der Waals surface area contributed by atoms with Crippen LogP contribution in [0.25, 0.3) is 0 Å². The molecule has 2 atom stereocenters. The van der Waals surface area contributed by atoms with E-state index in [2.05, 4.69) is 15.0 Å². The summed E-state index contributed by atoms with van der Waals surface area (Å²) in [5.74, 6) is -1.71. The van der Waals surface area contributed by atoms with Crippen LogP contribution in [0.2, 0.25) is 0 Å². The van der Waals surface area contributed by atoms with Crippen molar-refractivity contribution in [2.24, 2.45) is 5.92 Å². The summed E-state index contributed by atoms with van der Waals surface area (Å²) in [4.78, 5) is 52.1. The molecule has 0 spiro atoms. The quantitative estimate of drug-likeness (QED) is 0.321. The molecule has 0 bridgehead atoms. The van der Waals surface area contributed by atoms with Gasteiger partial charge < -0.3 is 19.5 Å². The number of hydrogen-bond acceptors (Lipinski definition) is 9. The second kappa shape index (κ2) is 12.8. The third-order valence-corrected chi connectivity index (χ3v) is 4.89. The monoisotopic (exact) mass is 426 g/mol. The van der Waals surface area contributed by atoms with Crippen LogP contribution in [0, 0.1) is 5.92 Å². The largest absolute Gasteiger partial charge is 0.469 e. The standard InChI is InChI=1S/C19H26N2O7S/c1-12(2)28-19(25)21-15(18(24)27-4)11-29-10-14(8-16(22)26-3)17(23)13-6-5-7-20-9-13/h5-7,9,12,14-15H,8,10-11H2,1-4H3,(H,21,25). The molecule has 1 N–H and O–H groups in total. The number of carbonyl (C=O) groups is 4. The number of thioether (sulfide) groups is 1. The first-order valence-corrected chi connectivity index (χ1v) is 10.1. The van der Waals surface area contributed by atoms with Crippen molar-refractivity contribution in [3.8, 4) is 0 Å². The molecule has 0 fully saturated rings. The zero-order valence-corrected chi connectivity index (χ0v) is 17.7. The van der Waals surface area contributed by atoms with Gasteiger partial charge in [-0.1, -0.05) is 0 Å². The highest BCUT2D eigenvalue weighted by molar-refractivity contribution is 7.99. The number of rotatable bonds is 11. The Hall–Kier alpha value is -2.62. The van der Waals surface area contributed by atoms with Crippen LogP contribution in [0.5, 0.6) is 0 Å². The highest BCUT2D eigenvalue weighted by atomic mass is 32.2. The van der Waals surface area contributed by atoms with Crippen LogP contribution in [0.4, 0.5) is 4.79 Å². The maximum absolute atomic E-state index is 12.7. The van der Waals surface area contributed by atoms with Crippen molar-refractivity contribution in [2.75, 3.05) is 25.7 Å². The van der Waals surface area contributed by atoms with Gasteiger partial charge in [0.25, 0.3) is 0 Å². The van der Waals surface area contributed by atoms with Gasteiger partial charge in [-0.05, 0) is 26.0 Å². The predicted molar refractivity (Wildman–Crippen MR) is 107 cm³/mol. The molecular weight excluding hydrogens is 400 g/mol. The van der Waals surface area contributed by atoms with Crippen LogP contribution in [-0.4, -0.2) is 66.7 Å². The van der Waals surface area contributed by atoms with Gasteiger partial charge in [-0.15, -0.1) is 0 Å². The average Bonchev–Trinajstić information content (AvgIpc) is 2.70. The van der Waals surface area contributed by atoms with E-state index in [0.29, 0.717) is 5.56 Å². The van der Waals surface area contributed by atoms with Crippen molar-refractivity contribution in [3.63, 3.8) is 0 Å². The third-order valence-electron chi connectivity index (χ3n) is 3.68. The van der Waals surface area contributed by atoms with Gasteiger partial charge in [0, 0.05) is 35.4 Å². The predicted octanol–water partition coefficient (Wildman–Crippen LogP) is 1.85. The minimum Gasteiger partial charge on any atom is -0.469 e. The SMILES string of the molecule is COC(=O)CC(CSCC(NC(=O)OC(C)C)C(=O)OC)C(=O)c1cccnc1. The van der Waals surface area contributed by atoms with E-state index in [4.69, 9.17) is 9.47 Å². The number of nitrogens with one attached hydrogen (secondary N) is 1. The number of nitrogens with zero attached hydrogens (tertiary/aromatic N) is 1. The van der Waals surface area contributed by atoms with Crippen molar-refractivity contribution < 1.29 is 33.4 Å². The Balaban J connectivity index is 2.76. The van der Waals surface area contributed by atoms with E-state index in [1.165, 1.54) is 32.2 Å². The Morgan fingerprint density at radius 2 is 1.86 bits per heavy atom. The zero-order valence-electron chi connectivity index (χ0n) is 16.9. The maximum Gasteiger partial charge on any atom is 0.408 e. The highest BCUT2D eigenvalue weighted by Gasteiger charge is 2.27. The van der Waals surface area contributed by atoms with Gasteiger partial charge in [0.15, 0.2) is 5.78 Å². The number of aromatic nitrogens is 1. The number of esters is 2. The van der Waals surface area contributed by atoms with Gasteiger partial charge in [0.05, 0.1) is 26.7 Å². The molecule has 0 saturated heterocycles. The van der Waals surface area contributed by atoms with Crippen molar-refractivity contribution in [1.29, 1.82) is 0 Å². The molecule has 0 saturated carbocycles. The number of ketones is 1. The Bertz CT molecular complexity index is 697. The topological polar surface area (TPSA) is 121 Å². The molecule has 1 aromatic heterocycles. The number of Topliss-reactive ketones (excluding diaryl/α,β-unsaturated/α-hetero) is 1. The minimum absolute atomic E-state index is 0.108. The fraction of sp³-hybridized carbons (Fsp3) is 0.526. The van der Waals surface area contributed by atoms with Crippen LogP contribution in [0.15, 0.2) is 24.5 Å². The van der Waals surface area contributed by atoms with Crippen LogP contribution < -0.4 is 5.32 Å². The number of amides is 1. The lowest BCUT2D eigenvalue weighted by Gasteiger charge is -2.19. The molecule has 10 heteroatoms. The number of alkyl carbamates (subject to hydrolysis) is 1. The Kier molecular flexibility index (Phi) is 10.7. The number of carbonyl (C=O) groups excluding carboxylic acids is 4. The van der Waals surface area contributed by atoms with Crippen molar-refractivity contribution in [1.82, 2.24) is 10.3 Å². The molecule has 9 nitrogen and oxygen atoms in total. The van der Waals surface area contributed by atoms with Gasteiger partial charge in [-0.2, -0.15) is 11.8 Å². The summed E-state index contributed by atoms with van der Waals surface area (Å²) in [6.07, 6.45) is 1.78. The summed E-state index contributed by atoms with van der Waals surface area (Å²) in [7, 11) is 2.46. The second-order valence-corrected chi connectivity index (χ2v) is 7.37. The molecule has 1 amide bonds. The Labute approximate surface area is 173 Å². The van der Waals surface area contributed by atoms with E-state index < -0.39 is 30.0 Å². The first-order chi connectivity index (χ1) is 13.8. The fourth-order valence-corrected chi connectivity index (χ4v) is 3.43. The number of methoxy groups -OCH3 is 2. The fourth-order valence-electron chi connectivity index (χ4n) is 2.29. The van der Waals surface area contributed by atoms with Crippen LogP contribution >= 0.6 is 11.8 Å². The van der Waals surface area contributed by atoms with Crippen molar-refractivity contribution in [3.05, 3.63) is 30.1 Å². The van der Waals surface area contributed by atoms with E-state index in [-0.39, 0.29) is 29.8 Å². The molecule has 0 aliphatic rings. The summed E-state index contributed by atoms with van der Waals surface area (Å²) in [5.41, 5.74) is 0.380. The zero-order chi connectivity index (χ0) is 21.8. The second-order valence-electron chi connectivity index (χ2n) is 6.29. The summed E-state index contributed by atoms with van der Waals surface area (Å²) >= 11 is 1.23. The lowest BCUT2D eigenvalue weighted by atomic mass is 9.97. The van der Waals surface area contributed by atoms with Gasteiger partial charge in [0.2, 0.25) is 0 Å². The van der Waals surface area contributed by atoms with E-state index in [1.807, 2.05) is 0 Å². The molecule has 0 aliphatic carbocycles. The minimum atomic E-state index is -0.955. The molecule has 1 rings (SSSR count). The molecule has 160 valence electrons. The normalized spacial score (nSPS) is 12.6. The molecule has 1 aromatic rings. The van der Waals surface area contributed by atoms with Gasteiger partial charge in [0.1, 0.15) is 6.04 Å². The summed E-state index contributed by atoms with van der Waals surface area (Å²) in [6, 6.07) is 2.29. The number of hydrogen-bond donors (Lipinski definition) is 1. The molecule has 1 heterocycles. The van der Waals surface area contributed by atoms with Crippen molar-refractivity contribution in [2.45, 2.75) is 32.4 Å². The lowest BCUT2D eigenvalue weighted by molar-refractivity contribution is -0.142. The first kappa shape index (κ1) is 24.4. The lowest BCUT2D eigenvalue weighted by Crippen LogP contribution is -2.44. The van der Waals surface area contributed by atoms with E-state index in [0.717, 1.165) is 0 Å². The summed E-state index contributed by atoms with van der Waals surface area (Å²) in [5, 5.41) is 2.44. The number of pyridine rings is 1. The molecular formula is C19H26N2O7S. The summed E-state index contributed by atoms with van der Waals surface area (Å²) < 4.78 is 14.4. The van der Waals surface area contributed by atoms with Crippen LogP contribution in [0.1, 0.15) is 30.6 Å². The maximum atomic E-state index is 12.7. The van der Waals surface area contributed by atoms with E-state index in [9.17, 15) is 19.2 Å². The van der Waals surface area contributed by atoms with Crippen molar-refractivity contribution >= 4 is 35.6 Å². The van der Waals surface area contributed by atoms with Gasteiger partial charge in [-0.25, -0.2) is 9.59 Å². The third kappa shape index (κ3) is 8.95. The molecule has 0 radical (unpaired) electrons. The first-order valence-electron chi connectivity index (χ1n) is 8.92. The van der Waals surface area contributed by atoms with Crippen LogP contribution in [-0.2, 0) is 23.8 Å². The highest BCUT2D eigenvalue weighted by Crippen LogP contribution is 2.19. The molecule has 29 heavy (non-hydrogen) atoms. The van der Waals surface area contributed by atoms with Gasteiger partial charge >= 0.3 is 18.0 Å². The van der Waals surface area contributed by atoms with Crippen LogP contribution in [0.3, 0.4) is 0 Å². The molecule has 0 aliphatic heterocycles. The molecule has 2 unspecified atom stereocenters. The number of ether oxygens (including phenoxy) is 3. The Morgan fingerprint density at radius 1 is 1.14 bits per heavy atom. The van der Waals surface area contributed by atoms with Gasteiger partial charge in [-0.3, -0.25) is 14.6 Å². The summed E-state index contributed by atoms with van der Waals surface area (Å²) in [6.45, 7) is 3.37. The van der Waals surface area contributed by atoms with E-state index in [1.54, 1.807) is 32.2 Å². The smallest absolute Gasteiger partial charge is 0.408 e. The average molecular weight is 426 g/mol. The van der Waals surface area contributed by atoms with E-state index >= 15 is 0 Å². The molecule has 0 aromatic carbocycles. The Morgan fingerprint density at radius 3 is 2.41 bits per heavy atom.